The van der Waals surface area contributed by atoms with E-state index in [1.165, 1.54) is 24.3 Å². The first-order valence-corrected chi connectivity index (χ1v) is 10.3. The van der Waals surface area contributed by atoms with Gasteiger partial charge >= 0.3 is 0 Å². The van der Waals surface area contributed by atoms with Gasteiger partial charge in [0.05, 0.1) is 21.8 Å². The van der Waals surface area contributed by atoms with Crippen molar-refractivity contribution in [3.63, 3.8) is 0 Å². The Morgan fingerprint density at radius 2 is 1.69 bits per heavy atom. The van der Waals surface area contributed by atoms with Crippen LogP contribution in [-0.4, -0.2) is 19.4 Å². The van der Waals surface area contributed by atoms with E-state index in [4.69, 9.17) is 23.2 Å². The second-order valence-electron chi connectivity index (χ2n) is 5.87. The molecule has 3 rings (SSSR count). The topological polar surface area (TPSA) is 95.5 Å². The third kappa shape index (κ3) is 4.97. The van der Waals surface area contributed by atoms with Gasteiger partial charge in [-0.05, 0) is 54.6 Å². The van der Waals surface area contributed by atoms with E-state index in [-0.39, 0.29) is 26.9 Å². The van der Waals surface area contributed by atoms with Gasteiger partial charge in [-0.25, -0.2) is 12.8 Å². The number of nitrogens with one attached hydrogen (secondary N) is 2. The van der Waals surface area contributed by atoms with Gasteiger partial charge in [0.2, 0.25) is 0 Å². The molecule has 0 heterocycles. The Kier molecular flexibility index (Phi) is 5.97. The van der Waals surface area contributed by atoms with Crippen molar-refractivity contribution in [3.05, 3.63) is 82.1 Å². The Balaban J connectivity index is 1.88. The molecule has 0 bridgehead atoms. The van der Waals surface area contributed by atoms with Crippen LogP contribution in [-0.2, 0) is 10.0 Å². The van der Waals surface area contributed by atoms with E-state index < -0.39 is 27.5 Å². The molecule has 0 aromatic heterocycles. The van der Waals surface area contributed by atoms with Crippen molar-refractivity contribution in [2.75, 3.05) is 10.0 Å². The van der Waals surface area contributed by atoms with E-state index in [2.05, 4.69) is 10.0 Å². The maximum absolute atomic E-state index is 13.9. The number of hydrogen-bond acceptors (Lipinski definition) is 4. The molecule has 0 fully saturated rings. The zero-order valence-corrected chi connectivity index (χ0v) is 16.8. The Morgan fingerprint density at radius 3 is 2.38 bits per heavy atom. The van der Waals surface area contributed by atoms with Crippen LogP contribution in [0.3, 0.4) is 0 Å². The van der Waals surface area contributed by atoms with Crippen LogP contribution in [0.15, 0.2) is 65.6 Å². The third-order valence-corrected chi connectivity index (χ3v) is 5.63. The third-order valence-electron chi connectivity index (χ3n) is 3.78. The number of anilines is 2. The summed E-state index contributed by atoms with van der Waals surface area (Å²) < 4.78 is 41.5. The molecule has 0 spiro atoms. The normalized spacial score (nSPS) is 11.1. The van der Waals surface area contributed by atoms with Gasteiger partial charge in [-0.2, -0.15) is 0 Å². The minimum Gasteiger partial charge on any atom is -0.506 e. The van der Waals surface area contributed by atoms with Crippen LogP contribution in [0.4, 0.5) is 15.8 Å². The smallest absolute Gasteiger partial charge is 0.261 e. The number of carbonyl (C=O) groups excluding carboxylic acids is 1. The molecule has 0 atom stereocenters. The Hall–Kier alpha value is -2.81. The van der Waals surface area contributed by atoms with E-state index in [1.54, 1.807) is 12.1 Å². The molecule has 6 nitrogen and oxygen atoms in total. The summed E-state index contributed by atoms with van der Waals surface area (Å²) in [5, 5.41) is 12.7. The van der Waals surface area contributed by atoms with Crippen molar-refractivity contribution in [1.29, 1.82) is 0 Å². The zero-order valence-electron chi connectivity index (χ0n) is 14.5. The van der Waals surface area contributed by atoms with Crippen molar-refractivity contribution in [2.45, 2.75) is 4.90 Å². The monoisotopic (exact) mass is 454 g/mol. The van der Waals surface area contributed by atoms with Crippen LogP contribution in [0.5, 0.6) is 5.75 Å². The number of amides is 1. The number of hydrogen-bond donors (Lipinski definition) is 3. The molecule has 0 radical (unpaired) electrons. The summed E-state index contributed by atoms with van der Waals surface area (Å²) in [5.74, 6) is -2.14. The molecule has 1 amide bonds. The van der Waals surface area contributed by atoms with E-state index in [1.807, 2.05) is 0 Å². The lowest BCUT2D eigenvalue weighted by Crippen LogP contribution is -2.16. The Bertz CT molecular complexity index is 1200. The Morgan fingerprint density at radius 1 is 0.966 bits per heavy atom. The molecule has 3 aromatic carbocycles. The summed E-state index contributed by atoms with van der Waals surface area (Å²) in [7, 11) is -4.05. The number of aromatic hydroxyl groups is 1. The lowest BCUT2D eigenvalue weighted by atomic mass is 10.2. The van der Waals surface area contributed by atoms with Crippen LogP contribution >= 0.6 is 23.2 Å². The van der Waals surface area contributed by atoms with Gasteiger partial charge in [0.15, 0.2) is 0 Å². The largest absolute Gasteiger partial charge is 0.506 e. The first-order chi connectivity index (χ1) is 13.7. The van der Waals surface area contributed by atoms with Crippen LogP contribution in [0.1, 0.15) is 10.4 Å². The molecule has 150 valence electrons. The number of halogens is 3. The molecule has 0 aliphatic carbocycles. The lowest BCUT2D eigenvalue weighted by molar-refractivity contribution is 0.102. The quantitative estimate of drug-likeness (QED) is 0.478. The van der Waals surface area contributed by atoms with E-state index in [0.29, 0.717) is 5.02 Å². The van der Waals surface area contributed by atoms with E-state index >= 15 is 0 Å². The second kappa shape index (κ2) is 8.28. The summed E-state index contributed by atoms with van der Waals surface area (Å²) in [5.41, 5.74) is -0.295. The van der Waals surface area contributed by atoms with Gasteiger partial charge in [0, 0.05) is 10.0 Å². The number of phenols is 1. The molecule has 10 heteroatoms. The SMILES string of the molecule is O=C(Nc1cc(S(=O)(=O)Nc2cccc(Cl)c2)ccc1O)c1ccc(Cl)cc1F. The molecule has 0 unspecified atom stereocenters. The first kappa shape index (κ1) is 20.9. The Labute approximate surface area is 175 Å². The van der Waals surface area contributed by atoms with Gasteiger partial charge in [-0.15, -0.1) is 0 Å². The van der Waals surface area contributed by atoms with Crippen molar-refractivity contribution in [3.8, 4) is 5.75 Å². The first-order valence-electron chi connectivity index (χ1n) is 8.03. The molecule has 0 saturated carbocycles. The van der Waals surface area contributed by atoms with E-state index in [9.17, 15) is 22.7 Å². The fourth-order valence-electron chi connectivity index (χ4n) is 2.41. The average Bonchev–Trinajstić information content (AvgIpc) is 2.63. The fraction of sp³-hybridized carbons (Fsp3) is 0. The maximum Gasteiger partial charge on any atom is 0.261 e. The highest BCUT2D eigenvalue weighted by Gasteiger charge is 2.19. The van der Waals surface area contributed by atoms with Gasteiger partial charge in [-0.3, -0.25) is 9.52 Å². The average molecular weight is 455 g/mol. The van der Waals surface area contributed by atoms with E-state index in [0.717, 1.165) is 24.3 Å². The zero-order chi connectivity index (χ0) is 21.2. The van der Waals surface area contributed by atoms with Crippen LogP contribution in [0.25, 0.3) is 0 Å². The number of carbonyl (C=O) groups is 1. The van der Waals surface area contributed by atoms with Gasteiger partial charge in [-0.1, -0.05) is 29.3 Å². The molecule has 3 aromatic rings. The maximum atomic E-state index is 13.9. The second-order valence-corrected chi connectivity index (χ2v) is 8.43. The molecule has 0 saturated heterocycles. The number of rotatable bonds is 5. The summed E-state index contributed by atoms with van der Waals surface area (Å²) >= 11 is 11.5. The standard InChI is InChI=1S/C19H13Cl2FN2O4S/c20-11-2-1-3-13(8-11)24-29(27,28)14-5-7-18(25)17(10-14)23-19(26)15-6-4-12(21)9-16(15)22/h1-10,24-25H,(H,23,26). The molecule has 3 N–H and O–H groups in total. The fourth-order valence-corrected chi connectivity index (χ4v) is 3.84. The summed E-state index contributed by atoms with van der Waals surface area (Å²) in [6.45, 7) is 0. The van der Waals surface area contributed by atoms with Crippen LogP contribution in [0.2, 0.25) is 10.0 Å². The minimum atomic E-state index is -4.05. The van der Waals surface area contributed by atoms with Gasteiger partial charge in [0.1, 0.15) is 11.6 Å². The summed E-state index contributed by atoms with van der Waals surface area (Å²) in [6.07, 6.45) is 0. The molecular formula is C19H13Cl2FN2O4S. The van der Waals surface area contributed by atoms with Gasteiger partial charge < -0.3 is 10.4 Å². The number of phenolic OH excluding ortho intramolecular Hbond substituents is 1. The molecular weight excluding hydrogens is 442 g/mol. The van der Waals surface area contributed by atoms with Crippen molar-refractivity contribution in [2.24, 2.45) is 0 Å². The highest BCUT2D eigenvalue weighted by atomic mass is 35.5. The summed E-state index contributed by atoms with van der Waals surface area (Å²) in [4.78, 5) is 12.1. The highest BCUT2D eigenvalue weighted by molar-refractivity contribution is 7.92. The van der Waals surface area contributed by atoms with Crippen LogP contribution < -0.4 is 10.0 Å². The predicted octanol–water partition coefficient (Wildman–Crippen LogP) is 4.89. The van der Waals surface area contributed by atoms with Crippen molar-refractivity contribution < 1.29 is 22.7 Å². The molecule has 29 heavy (non-hydrogen) atoms. The minimum absolute atomic E-state index is 0.113. The predicted molar refractivity (Wildman–Crippen MR) is 110 cm³/mol. The summed E-state index contributed by atoms with van der Waals surface area (Å²) in [6, 6.07) is 12.9. The molecule has 0 aliphatic heterocycles. The number of sulfonamides is 1. The van der Waals surface area contributed by atoms with Crippen molar-refractivity contribution >= 4 is 50.5 Å². The molecule has 0 aliphatic rings. The number of benzene rings is 3. The van der Waals surface area contributed by atoms with Crippen LogP contribution in [0, 0.1) is 5.82 Å². The van der Waals surface area contributed by atoms with Gasteiger partial charge in [0.25, 0.3) is 15.9 Å². The van der Waals surface area contributed by atoms with Crippen molar-refractivity contribution in [1.82, 2.24) is 0 Å². The highest BCUT2D eigenvalue weighted by Crippen LogP contribution is 2.29. The lowest BCUT2D eigenvalue weighted by Gasteiger charge is -2.12.